The number of carbonyl (C=O) groups is 1. The molecule has 0 spiro atoms. The van der Waals surface area contributed by atoms with E-state index in [1.54, 1.807) is 0 Å². The van der Waals surface area contributed by atoms with E-state index >= 15 is 0 Å². The second-order valence-electron chi connectivity index (χ2n) is 10.1. The number of hydrogen-bond donors (Lipinski definition) is 3. The molecular formula is C21H38NO5. The molecule has 0 heterocycles. The fraction of sp³-hybridized carbons (Fsp3) is 0.952. The molecule has 6 heteroatoms. The van der Waals surface area contributed by atoms with Gasteiger partial charge in [0, 0.05) is 5.41 Å². The molecule has 0 bridgehead atoms. The number of amides is 1. The minimum absolute atomic E-state index is 0.0153. The highest BCUT2D eigenvalue weighted by Gasteiger charge is 2.71. The average molecular weight is 385 g/mol. The molecule has 0 saturated heterocycles. The molecule has 157 valence electrons. The van der Waals surface area contributed by atoms with Crippen LogP contribution < -0.4 is 0 Å². The fourth-order valence-electron chi connectivity index (χ4n) is 6.41. The molecule has 1 amide bonds. The summed E-state index contributed by atoms with van der Waals surface area (Å²) >= 11 is 0. The van der Waals surface area contributed by atoms with Crippen molar-refractivity contribution in [1.82, 2.24) is 5.06 Å². The van der Waals surface area contributed by atoms with Gasteiger partial charge in [-0.2, -0.15) is 5.06 Å². The first-order valence-electron chi connectivity index (χ1n) is 10.4. The lowest BCUT2D eigenvalue weighted by atomic mass is 9.42. The van der Waals surface area contributed by atoms with Gasteiger partial charge in [0.15, 0.2) is 0 Å². The SMILES string of the molecule is CC[C@@H](C)CC[C@H]1[C@@H](C)CC[C@H]2C(C)(C)CC(O)C(O)(N(O)C([O])=O)[C@]12C. The molecule has 2 rings (SSSR count). The zero-order chi connectivity index (χ0) is 20.8. The zero-order valence-corrected chi connectivity index (χ0v) is 17.7. The molecule has 2 unspecified atom stereocenters. The maximum Gasteiger partial charge on any atom is 0.479 e. The van der Waals surface area contributed by atoms with Crippen LogP contribution in [0.3, 0.4) is 0 Å². The van der Waals surface area contributed by atoms with Crippen LogP contribution in [0.1, 0.15) is 80.1 Å². The third-order valence-corrected chi connectivity index (χ3v) is 8.18. The Morgan fingerprint density at radius 3 is 2.37 bits per heavy atom. The monoisotopic (exact) mass is 384 g/mol. The first kappa shape index (κ1) is 22.4. The summed E-state index contributed by atoms with van der Waals surface area (Å²) in [5, 5.41) is 44.2. The highest BCUT2D eigenvalue weighted by Crippen LogP contribution is 2.66. The van der Waals surface area contributed by atoms with E-state index in [1.165, 1.54) is 0 Å². The summed E-state index contributed by atoms with van der Waals surface area (Å²) in [5.74, 6) is 0.754. The lowest BCUT2D eigenvalue weighted by molar-refractivity contribution is -0.374. The van der Waals surface area contributed by atoms with Gasteiger partial charge in [-0.05, 0) is 48.3 Å². The number of fused-ring (bicyclic) bond motifs is 1. The first-order valence-corrected chi connectivity index (χ1v) is 10.4. The Hall–Kier alpha value is -0.850. The van der Waals surface area contributed by atoms with Crippen LogP contribution in [-0.2, 0) is 5.11 Å². The number of aliphatic hydroxyl groups is 2. The normalized spacial score (nSPS) is 42.3. The maximum absolute atomic E-state index is 11.6. The Labute approximate surface area is 163 Å². The predicted octanol–water partition coefficient (Wildman–Crippen LogP) is 4.20. The van der Waals surface area contributed by atoms with Gasteiger partial charge in [-0.1, -0.05) is 60.8 Å². The highest BCUT2D eigenvalue weighted by atomic mass is 16.6. The lowest BCUT2D eigenvalue weighted by Gasteiger charge is -2.67. The predicted molar refractivity (Wildman–Crippen MR) is 101 cm³/mol. The number of hydrogen-bond acceptors (Lipinski definition) is 4. The average Bonchev–Trinajstić information content (AvgIpc) is 2.57. The molecule has 2 aliphatic rings. The van der Waals surface area contributed by atoms with Gasteiger partial charge in [0.05, 0.1) is 0 Å². The molecule has 0 aromatic rings. The van der Waals surface area contributed by atoms with E-state index in [0.717, 1.165) is 32.1 Å². The summed E-state index contributed by atoms with van der Waals surface area (Å²) in [4.78, 5) is 11.5. The Bertz CT molecular complexity index is 553. The van der Waals surface area contributed by atoms with Crippen molar-refractivity contribution >= 4 is 6.09 Å². The number of carbonyl (C=O) groups excluding carboxylic acids is 1. The summed E-state index contributed by atoms with van der Waals surface area (Å²) in [6.45, 7) is 12.5. The Kier molecular flexibility index (Phi) is 6.25. The van der Waals surface area contributed by atoms with Crippen molar-refractivity contribution in [2.24, 2.45) is 34.5 Å². The summed E-state index contributed by atoms with van der Waals surface area (Å²) < 4.78 is 0. The van der Waals surface area contributed by atoms with Gasteiger partial charge in [0.2, 0.25) is 5.72 Å². The van der Waals surface area contributed by atoms with Crippen molar-refractivity contribution in [2.75, 3.05) is 0 Å². The Morgan fingerprint density at radius 2 is 1.85 bits per heavy atom. The van der Waals surface area contributed by atoms with Gasteiger partial charge in [-0.25, -0.2) is 9.90 Å². The molecule has 2 aliphatic carbocycles. The van der Waals surface area contributed by atoms with Crippen LogP contribution in [0, 0.1) is 34.5 Å². The van der Waals surface area contributed by atoms with Gasteiger partial charge in [-0.3, -0.25) is 5.21 Å². The quantitative estimate of drug-likeness (QED) is 0.375. The minimum atomic E-state index is -2.28. The zero-order valence-electron chi connectivity index (χ0n) is 17.7. The van der Waals surface area contributed by atoms with E-state index in [0.29, 0.717) is 5.92 Å². The van der Waals surface area contributed by atoms with Crippen molar-refractivity contribution in [3.8, 4) is 0 Å². The lowest BCUT2D eigenvalue weighted by Crippen LogP contribution is -2.76. The van der Waals surface area contributed by atoms with E-state index in [-0.39, 0.29) is 34.7 Å². The van der Waals surface area contributed by atoms with Crippen LogP contribution in [0.4, 0.5) is 4.79 Å². The summed E-state index contributed by atoms with van der Waals surface area (Å²) in [6.07, 6.45) is 1.65. The number of aliphatic hydroxyl groups excluding tert-OH is 1. The van der Waals surface area contributed by atoms with Gasteiger partial charge in [-0.15, -0.1) is 0 Å². The molecule has 0 aliphatic heterocycles. The second-order valence-corrected chi connectivity index (χ2v) is 10.1. The summed E-state index contributed by atoms with van der Waals surface area (Å²) in [5.41, 5.74) is -3.53. The van der Waals surface area contributed by atoms with Gasteiger partial charge in [0.25, 0.3) is 0 Å². The molecular weight excluding hydrogens is 346 g/mol. The molecule has 0 aromatic carbocycles. The summed E-state index contributed by atoms with van der Waals surface area (Å²) in [7, 11) is 0. The van der Waals surface area contributed by atoms with Crippen LogP contribution in [0.2, 0.25) is 0 Å². The van der Waals surface area contributed by atoms with Crippen molar-refractivity contribution in [2.45, 2.75) is 91.9 Å². The smallest absolute Gasteiger partial charge is 0.388 e. The molecule has 27 heavy (non-hydrogen) atoms. The van der Waals surface area contributed by atoms with E-state index in [9.17, 15) is 25.3 Å². The minimum Gasteiger partial charge on any atom is -0.388 e. The van der Waals surface area contributed by atoms with Gasteiger partial charge < -0.3 is 10.2 Å². The number of nitrogens with zero attached hydrogens (tertiary/aromatic N) is 1. The number of hydroxylamine groups is 2. The molecule has 0 aromatic heterocycles. The van der Waals surface area contributed by atoms with Crippen LogP contribution >= 0.6 is 0 Å². The van der Waals surface area contributed by atoms with E-state index in [4.69, 9.17) is 0 Å². The topological polar surface area (TPSA) is 101 Å². The van der Waals surface area contributed by atoms with Crippen molar-refractivity contribution < 1.29 is 25.3 Å². The fourth-order valence-corrected chi connectivity index (χ4v) is 6.41. The van der Waals surface area contributed by atoms with E-state index in [2.05, 4.69) is 34.6 Å². The van der Waals surface area contributed by atoms with Crippen LogP contribution in [-0.4, -0.2) is 38.4 Å². The molecule has 2 saturated carbocycles. The van der Waals surface area contributed by atoms with Gasteiger partial charge >= 0.3 is 6.09 Å². The van der Waals surface area contributed by atoms with Crippen molar-refractivity contribution in [1.29, 1.82) is 0 Å². The van der Waals surface area contributed by atoms with E-state index < -0.39 is 23.3 Å². The van der Waals surface area contributed by atoms with E-state index in [1.807, 2.05) is 6.92 Å². The van der Waals surface area contributed by atoms with Gasteiger partial charge in [0.1, 0.15) is 6.10 Å². The molecule has 6 nitrogen and oxygen atoms in total. The van der Waals surface area contributed by atoms with Crippen molar-refractivity contribution in [3.63, 3.8) is 0 Å². The molecule has 7 atom stereocenters. The Balaban J connectivity index is 2.58. The van der Waals surface area contributed by atoms with Crippen molar-refractivity contribution in [3.05, 3.63) is 0 Å². The third kappa shape index (κ3) is 3.38. The second kappa shape index (κ2) is 7.53. The largest absolute Gasteiger partial charge is 0.479 e. The van der Waals surface area contributed by atoms with Crippen LogP contribution in [0.15, 0.2) is 0 Å². The molecule has 1 radical (unpaired) electrons. The van der Waals surface area contributed by atoms with Crippen LogP contribution in [0.5, 0.6) is 0 Å². The molecule has 2 fully saturated rings. The maximum atomic E-state index is 11.6. The third-order valence-electron chi connectivity index (χ3n) is 8.18. The number of rotatable bonds is 5. The molecule has 3 N–H and O–H groups in total. The summed E-state index contributed by atoms with van der Waals surface area (Å²) in [6, 6.07) is 0. The highest BCUT2D eigenvalue weighted by molar-refractivity contribution is 5.64. The van der Waals surface area contributed by atoms with Crippen LogP contribution in [0.25, 0.3) is 0 Å². The standard InChI is InChI=1S/C21H38NO5/c1-7-13(2)8-10-15-14(3)9-11-16-19(4,5)12-17(23)21(26,20(15,16)6)22(27)18(24)25/h13-17,23,26-27H,7-12H2,1-6H3/t13-,14+,15+,16+,17?,20-,21?/m1/s1. The Morgan fingerprint density at radius 1 is 1.26 bits per heavy atom. The first-order chi connectivity index (χ1) is 12.3.